The molecule has 0 unspecified atom stereocenters. The van der Waals surface area contributed by atoms with Crippen LogP contribution in [0.25, 0.3) is 0 Å². The molecule has 9 heteroatoms. The number of halogens is 1. The van der Waals surface area contributed by atoms with Gasteiger partial charge in [0.05, 0.1) is 12.8 Å². The van der Waals surface area contributed by atoms with Crippen molar-refractivity contribution >= 4 is 33.4 Å². The molecule has 0 saturated carbocycles. The van der Waals surface area contributed by atoms with Crippen LogP contribution in [0.4, 0.5) is 0 Å². The molecule has 0 fully saturated rings. The van der Waals surface area contributed by atoms with E-state index in [0.717, 1.165) is 21.7 Å². The molecule has 0 aliphatic heterocycles. The van der Waals surface area contributed by atoms with Gasteiger partial charge in [0.25, 0.3) is 0 Å². The van der Waals surface area contributed by atoms with Crippen molar-refractivity contribution in [2.75, 3.05) is 26.4 Å². The quantitative estimate of drug-likeness (QED) is 0.412. The van der Waals surface area contributed by atoms with Gasteiger partial charge in [0.2, 0.25) is 21.8 Å². The summed E-state index contributed by atoms with van der Waals surface area (Å²) in [6.07, 6.45) is 1.67. The van der Waals surface area contributed by atoms with Crippen LogP contribution in [0, 0.1) is 0 Å². The Morgan fingerprint density at radius 3 is 2.06 bits per heavy atom. The van der Waals surface area contributed by atoms with Crippen LogP contribution in [0.3, 0.4) is 0 Å². The molecule has 7 nitrogen and oxygen atoms in total. The van der Waals surface area contributed by atoms with Crippen molar-refractivity contribution in [1.29, 1.82) is 0 Å². The summed E-state index contributed by atoms with van der Waals surface area (Å²) in [5.41, 5.74) is 2.46. The van der Waals surface area contributed by atoms with Crippen molar-refractivity contribution < 1.29 is 18.0 Å². The Morgan fingerprint density at radius 2 is 1.47 bits per heavy atom. The second-order valence-electron chi connectivity index (χ2n) is 8.51. The predicted molar refractivity (Wildman–Crippen MR) is 142 cm³/mol. The molecule has 0 radical (unpaired) electrons. The van der Waals surface area contributed by atoms with E-state index in [4.69, 9.17) is 11.6 Å². The smallest absolute Gasteiger partial charge is 0.247 e. The molecule has 0 saturated heterocycles. The van der Waals surface area contributed by atoms with Gasteiger partial charge in [-0.15, -0.1) is 0 Å². The summed E-state index contributed by atoms with van der Waals surface area (Å²) in [4.78, 5) is 28.5. The summed E-state index contributed by atoms with van der Waals surface area (Å²) in [5.74, 6) is -0.841. The Bertz CT molecular complexity index is 1250. The van der Waals surface area contributed by atoms with Gasteiger partial charge in [0, 0.05) is 25.2 Å². The van der Waals surface area contributed by atoms with E-state index >= 15 is 0 Å². The van der Waals surface area contributed by atoms with E-state index in [1.807, 2.05) is 36.4 Å². The average molecular weight is 528 g/mol. The number of hydrogen-bond acceptors (Lipinski definition) is 4. The highest BCUT2D eigenvalue weighted by Crippen LogP contribution is 2.25. The third kappa shape index (κ3) is 7.91. The molecule has 0 spiro atoms. The Kier molecular flexibility index (Phi) is 9.64. The summed E-state index contributed by atoms with van der Waals surface area (Å²) in [5, 5.41) is 3.51. The number of sulfonamides is 1. The summed E-state index contributed by atoms with van der Waals surface area (Å²) >= 11 is 6.03. The third-order valence-electron chi connectivity index (χ3n) is 5.74. The second kappa shape index (κ2) is 12.7. The Labute approximate surface area is 217 Å². The van der Waals surface area contributed by atoms with Gasteiger partial charge in [-0.3, -0.25) is 9.59 Å². The maximum Gasteiger partial charge on any atom is 0.247 e. The number of carbonyl (C=O) groups excluding carboxylic acids is 2. The van der Waals surface area contributed by atoms with E-state index in [2.05, 4.69) is 5.32 Å². The molecule has 0 bridgehead atoms. The normalized spacial score (nSPS) is 12.2. The molecule has 36 heavy (non-hydrogen) atoms. The van der Waals surface area contributed by atoms with Crippen molar-refractivity contribution in [1.82, 2.24) is 14.5 Å². The van der Waals surface area contributed by atoms with E-state index in [0.29, 0.717) is 23.6 Å². The van der Waals surface area contributed by atoms with Crippen LogP contribution in [-0.2, 0) is 32.6 Å². The maximum atomic E-state index is 13.5. The molecule has 3 rings (SSSR count). The molecular weight excluding hydrogens is 498 g/mol. The van der Waals surface area contributed by atoms with E-state index in [-0.39, 0.29) is 12.5 Å². The first-order valence-corrected chi connectivity index (χ1v) is 13.7. The van der Waals surface area contributed by atoms with Gasteiger partial charge in [0.1, 0.15) is 6.04 Å². The van der Waals surface area contributed by atoms with Gasteiger partial charge in [-0.1, -0.05) is 84.4 Å². The zero-order valence-electron chi connectivity index (χ0n) is 20.3. The number of rotatable bonds is 11. The predicted octanol–water partition coefficient (Wildman–Crippen LogP) is 3.66. The summed E-state index contributed by atoms with van der Waals surface area (Å²) in [6.45, 7) is 0.0880. The topological polar surface area (TPSA) is 86.8 Å². The molecule has 1 atom stereocenters. The molecule has 2 amide bonds. The van der Waals surface area contributed by atoms with Crippen molar-refractivity contribution in [3.05, 3.63) is 107 Å². The fourth-order valence-corrected chi connectivity index (χ4v) is 4.16. The number of carbonyl (C=O) groups is 2. The molecule has 0 aliphatic rings. The third-order valence-corrected chi connectivity index (χ3v) is 7.26. The lowest BCUT2D eigenvalue weighted by Gasteiger charge is -2.32. The first-order chi connectivity index (χ1) is 17.1. The molecular formula is C27H30ClN3O4S. The lowest BCUT2D eigenvalue weighted by Crippen LogP contribution is -2.47. The minimum Gasteiger partial charge on any atom is -0.354 e. The minimum atomic E-state index is -3.60. The zero-order chi connectivity index (χ0) is 26.1. The number of hydrogen-bond donors (Lipinski definition) is 1. The summed E-state index contributed by atoms with van der Waals surface area (Å²) < 4.78 is 25.0. The van der Waals surface area contributed by atoms with E-state index in [1.165, 1.54) is 11.9 Å². The second-order valence-corrected chi connectivity index (χ2v) is 11.0. The highest BCUT2D eigenvalue weighted by atomic mass is 35.5. The SMILES string of the molecule is CN(CC(=O)N(Cc1ccc(Cl)cc1)[C@H](C(=O)NCCc1ccccc1)c1ccccc1)S(C)(=O)=O. The number of nitrogens with zero attached hydrogens (tertiary/aromatic N) is 2. The lowest BCUT2D eigenvalue weighted by molar-refractivity contribution is -0.141. The Balaban J connectivity index is 1.91. The van der Waals surface area contributed by atoms with Gasteiger partial charge >= 0.3 is 0 Å². The van der Waals surface area contributed by atoms with Crippen molar-refractivity contribution in [3.8, 4) is 0 Å². The van der Waals surface area contributed by atoms with Gasteiger partial charge in [-0.25, -0.2) is 8.42 Å². The van der Waals surface area contributed by atoms with Gasteiger partial charge in [-0.2, -0.15) is 4.31 Å². The Morgan fingerprint density at radius 1 is 0.889 bits per heavy atom. The Hall–Kier alpha value is -3.20. The molecule has 1 N–H and O–H groups in total. The van der Waals surface area contributed by atoms with E-state index in [1.54, 1.807) is 48.5 Å². The molecule has 3 aromatic rings. The van der Waals surface area contributed by atoms with Gasteiger partial charge in [-0.05, 0) is 35.2 Å². The first-order valence-electron chi connectivity index (χ1n) is 11.5. The zero-order valence-corrected chi connectivity index (χ0v) is 21.9. The van der Waals surface area contributed by atoms with Crippen LogP contribution in [0.15, 0.2) is 84.9 Å². The number of nitrogens with one attached hydrogen (secondary N) is 1. The van der Waals surface area contributed by atoms with Crippen molar-refractivity contribution in [2.24, 2.45) is 0 Å². The first kappa shape index (κ1) is 27.4. The fourth-order valence-electron chi connectivity index (χ4n) is 3.69. The average Bonchev–Trinajstić information content (AvgIpc) is 2.85. The van der Waals surface area contributed by atoms with Crippen LogP contribution in [-0.4, -0.2) is 55.8 Å². The van der Waals surface area contributed by atoms with Crippen LogP contribution in [0.2, 0.25) is 5.02 Å². The molecule has 3 aromatic carbocycles. The standard InChI is InChI=1S/C27H30ClN3O4S/c1-30(36(2,34)35)20-25(32)31(19-22-13-15-24(28)16-14-22)26(23-11-7-4-8-12-23)27(33)29-18-17-21-9-5-3-6-10-21/h3-16,26H,17-20H2,1-2H3,(H,29,33)/t26-/m0/s1. The van der Waals surface area contributed by atoms with Crippen LogP contribution < -0.4 is 5.32 Å². The van der Waals surface area contributed by atoms with Crippen LogP contribution in [0.5, 0.6) is 0 Å². The minimum absolute atomic E-state index is 0.0965. The molecule has 0 aliphatic carbocycles. The van der Waals surface area contributed by atoms with Gasteiger partial charge < -0.3 is 10.2 Å². The van der Waals surface area contributed by atoms with E-state index < -0.39 is 28.5 Å². The van der Waals surface area contributed by atoms with Gasteiger partial charge in [0.15, 0.2) is 0 Å². The monoisotopic (exact) mass is 527 g/mol. The highest BCUT2D eigenvalue weighted by Gasteiger charge is 2.32. The molecule has 190 valence electrons. The van der Waals surface area contributed by atoms with Crippen molar-refractivity contribution in [3.63, 3.8) is 0 Å². The lowest BCUT2D eigenvalue weighted by atomic mass is 10.0. The number of benzene rings is 3. The summed E-state index contributed by atoms with van der Waals surface area (Å²) in [7, 11) is -2.26. The fraction of sp³-hybridized carbons (Fsp3) is 0.259. The van der Waals surface area contributed by atoms with Crippen LogP contribution >= 0.6 is 11.6 Å². The number of amides is 2. The van der Waals surface area contributed by atoms with Crippen molar-refractivity contribution in [2.45, 2.75) is 19.0 Å². The molecule has 0 heterocycles. The molecule has 0 aromatic heterocycles. The van der Waals surface area contributed by atoms with Crippen LogP contribution in [0.1, 0.15) is 22.7 Å². The maximum absolute atomic E-state index is 13.5. The number of likely N-dealkylation sites (N-methyl/N-ethyl adjacent to an activating group) is 1. The largest absolute Gasteiger partial charge is 0.354 e. The summed E-state index contributed by atoms with van der Waals surface area (Å²) in [6, 6.07) is 24.8. The van der Waals surface area contributed by atoms with E-state index in [9.17, 15) is 18.0 Å². The highest BCUT2D eigenvalue weighted by molar-refractivity contribution is 7.88.